The molecule has 0 saturated heterocycles. The number of rotatable bonds is 21. The molecule has 0 unspecified atom stereocenters. The minimum Gasteiger partial charge on any atom is -0.494 e. The van der Waals surface area contributed by atoms with Crippen molar-refractivity contribution in [1.82, 2.24) is 0 Å². The molecule has 0 bridgehead atoms. The smallest absolute Gasteiger partial charge is 0.119 e. The van der Waals surface area contributed by atoms with Gasteiger partial charge in [0.05, 0.1) is 36.5 Å². The van der Waals surface area contributed by atoms with Gasteiger partial charge in [-0.3, -0.25) is 0 Å². The SMILES string of the molecule is N#Cc1ccc(-c2ccc(OCCCCCCCSSCCCCCCCOc3ccc(-c4ccc(C#N)cc4)cc3)cc2)cc1. The molecule has 46 heavy (non-hydrogen) atoms. The number of benzene rings is 4. The second-order valence-corrected chi connectivity index (χ2v) is 14.0. The van der Waals surface area contributed by atoms with Crippen molar-refractivity contribution in [2.45, 2.75) is 64.2 Å². The van der Waals surface area contributed by atoms with Crippen LogP contribution >= 0.6 is 21.6 Å². The zero-order valence-corrected chi connectivity index (χ0v) is 28.3. The summed E-state index contributed by atoms with van der Waals surface area (Å²) in [4.78, 5) is 0. The highest BCUT2D eigenvalue weighted by Gasteiger charge is 2.02. The minimum atomic E-state index is 0.681. The molecule has 0 spiro atoms. The third-order valence-corrected chi connectivity index (χ3v) is 10.3. The quantitative estimate of drug-likeness (QED) is 0.0661. The molecular weight excluding hydrogens is 605 g/mol. The molecule has 4 nitrogen and oxygen atoms in total. The van der Waals surface area contributed by atoms with Gasteiger partial charge in [0.25, 0.3) is 0 Å². The number of ether oxygens (including phenoxy) is 2. The number of unbranched alkanes of at least 4 members (excludes halogenated alkanes) is 8. The molecule has 0 aliphatic carbocycles. The van der Waals surface area contributed by atoms with Gasteiger partial charge in [0.1, 0.15) is 11.5 Å². The van der Waals surface area contributed by atoms with E-state index in [4.69, 9.17) is 20.0 Å². The van der Waals surface area contributed by atoms with Crippen LogP contribution in [0, 0.1) is 22.7 Å². The van der Waals surface area contributed by atoms with E-state index in [1.807, 2.05) is 94.4 Å². The summed E-state index contributed by atoms with van der Waals surface area (Å²) >= 11 is 0. The van der Waals surface area contributed by atoms with E-state index < -0.39 is 0 Å². The van der Waals surface area contributed by atoms with Crippen LogP contribution in [0.25, 0.3) is 22.3 Å². The monoisotopic (exact) mass is 648 g/mol. The molecule has 4 rings (SSSR count). The highest BCUT2D eigenvalue weighted by molar-refractivity contribution is 8.76. The summed E-state index contributed by atoms with van der Waals surface area (Å²) < 4.78 is 11.9. The van der Waals surface area contributed by atoms with Gasteiger partial charge in [-0.2, -0.15) is 10.5 Å². The van der Waals surface area contributed by atoms with Crippen molar-refractivity contribution in [1.29, 1.82) is 10.5 Å². The molecule has 0 heterocycles. The Morgan fingerprint density at radius 1 is 0.391 bits per heavy atom. The lowest BCUT2D eigenvalue weighted by molar-refractivity contribution is 0.304. The Morgan fingerprint density at radius 3 is 1.04 bits per heavy atom. The molecule has 238 valence electrons. The highest BCUT2D eigenvalue weighted by Crippen LogP contribution is 2.26. The topological polar surface area (TPSA) is 66.0 Å². The summed E-state index contributed by atoms with van der Waals surface area (Å²) in [5.74, 6) is 4.33. The summed E-state index contributed by atoms with van der Waals surface area (Å²) in [6, 6.07) is 36.1. The van der Waals surface area contributed by atoms with Crippen LogP contribution in [-0.4, -0.2) is 24.7 Å². The van der Waals surface area contributed by atoms with Gasteiger partial charge >= 0.3 is 0 Å². The van der Waals surface area contributed by atoms with Crippen molar-refractivity contribution in [2.75, 3.05) is 24.7 Å². The van der Waals surface area contributed by atoms with Crippen molar-refractivity contribution in [2.24, 2.45) is 0 Å². The number of nitriles is 2. The summed E-state index contributed by atoms with van der Waals surface area (Å²) in [6.07, 6.45) is 12.4. The fourth-order valence-corrected chi connectivity index (χ4v) is 7.34. The third kappa shape index (κ3) is 12.9. The van der Waals surface area contributed by atoms with Crippen molar-refractivity contribution >= 4 is 21.6 Å². The summed E-state index contributed by atoms with van der Waals surface area (Å²) in [5, 5.41) is 17.9. The normalized spacial score (nSPS) is 10.7. The van der Waals surface area contributed by atoms with Gasteiger partial charge in [-0.05, 0) is 96.5 Å². The van der Waals surface area contributed by atoms with Gasteiger partial charge in [0.2, 0.25) is 0 Å². The molecule has 0 radical (unpaired) electrons. The Morgan fingerprint density at radius 2 is 0.696 bits per heavy atom. The molecule has 4 aromatic carbocycles. The fourth-order valence-electron chi connectivity index (χ4n) is 5.05. The van der Waals surface area contributed by atoms with Crippen LogP contribution in [0.15, 0.2) is 97.1 Å². The van der Waals surface area contributed by atoms with E-state index >= 15 is 0 Å². The van der Waals surface area contributed by atoms with Crippen LogP contribution in [0.1, 0.15) is 75.3 Å². The van der Waals surface area contributed by atoms with E-state index in [1.54, 1.807) is 0 Å². The Balaban J connectivity index is 0.895. The minimum absolute atomic E-state index is 0.681. The van der Waals surface area contributed by atoms with Gasteiger partial charge in [-0.1, -0.05) is 109 Å². The van der Waals surface area contributed by atoms with E-state index in [0.29, 0.717) is 11.1 Å². The second-order valence-electron chi connectivity index (χ2n) is 11.3. The number of hydrogen-bond donors (Lipinski definition) is 0. The first kappa shape index (κ1) is 35.0. The van der Waals surface area contributed by atoms with Crippen LogP contribution in [0.3, 0.4) is 0 Å². The molecule has 0 aliphatic rings. The van der Waals surface area contributed by atoms with Gasteiger partial charge in [0.15, 0.2) is 0 Å². The first-order chi connectivity index (χ1) is 22.7. The van der Waals surface area contributed by atoms with Crippen LogP contribution in [0.4, 0.5) is 0 Å². The van der Waals surface area contributed by atoms with Gasteiger partial charge < -0.3 is 9.47 Å². The van der Waals surface area contributed by atoms with Crippen molar-refractivity contribution in [3.63, 3.8) is 0 Å². The third-order valence-electron chi connectivity index (χ3n) is 7.77. The van der Waals surface area contributed by atoms with E-state index in [0.717, 1.165) is 59.8 Å². The van der Waals surface area contributed by atoms with Crippen LogP contribution < -0.4 is 9.47 Å². The number of nitrogens with zero attached hydrogens (tertiary/aromatic N) is 2. The molecule has 0 aromatic heterocycles. The van der Waals surface area contributed by atoms with Gasteiger partial charge in [0, 0.05) is 11.5 Å². The Bertz CT molecular complexity index is 1370. The molecule has 0 saturated carbocycles. The zero-order valence-electron chi connectivity index (χ0n) is 26.7. The maximum absolute atomic E-state index is 8.95. The Hall–Kier alpha value is -3.84. The van der Waals surface area contributed by atoms with Crippen molar-refractivity contribution in [3.8, 4) is 45.9 Å². The molecule has 0 atom stereocenters. The van der Waals surface area contributed by atoms with E-state index in [-0.39, 0.29) is 0 Å². The standard InChI is InChI=1S/C40H44N2O2S2/c41-31-33-11-15-35(16-12-33)37-19-23-39(24-20-37)43-27-7-3-1-5-9-29-45-46-30-10-6-2-4-8-28-44-40-25-21-38(22-26-40)36-17-13-34(32-42)14-18-36/h11-26H,1-10,27-30H2. The van der Waals surface area contributed by atoms with Crippen LogP contribution in [0.5, 0.6) is 11.5 Å². The highest BCUT2D eigenvalue weighted by atomic mass is 33.1. The second kappa shape index (κ2) is 21.0. The van der Waals surface area contributed by atoms with E-state index in [1.165, 1.54) is 62.9 Å². The lowest BCUT2D eigenvalue weighted by atomic mass is 10.0. The average Bonchev–Trinajstić information content (AvgIpc) is 3.11. The predicted molar refractivity (Wildman–Crippen MR) is 195 cm³/mol. The van der Waals surface area contributed by atoms with E-state index in [9.17, 15) is 0 Å². The van der Waals surface area contributed by atoms with Gasteiger partial charge in [-0.25, -0.2) is 0 Å². The molecule has 6 heteroatoms. The molecule has 0 amide bonds. The maximum Gasteiger partial charge on any atom is 0.119 e. The summed E-state index contributed by atoms with van der Waals surface area (Å²) in [5.41, 5.74) is 5.84. The average molecular weight is 649 g/mol. The largest absolute Gasteiger partial charge is 0.494 e. The lowest BCUT2D eigenvalue weighted by Gasteiger charge is -2.08. The summed E-state index contributed by atoms with van der Waals surface area (Å²) in [6.45, 7) is 1.54. The number of hydrogen-bond acceptors (Lipinski definition) is 6. The van der Waals surface area contributed by atoms with E-state index in [2.05, 4.69) is 36.4 Å². The molecule has 0 aliphatic heterocycles. The molecule has 4 aromatic rings. The van der Waals surface area contributed by atoms with Crippen LogP contribution in [-0.2, 0) is 0 Å². The Labute approximate surface area is 283 Å². The lowest BCUT2D eigenvalue weighted by Crippen LogP contribution is -1.97. The Kier molecular flexibility index (Phi) is 16.0. The molecule has 0 N–H and O–H groups in total. The maximum atomic E-state index is 8.95. The first-order valence-corrected chi connectivity index (χ1v) is 19.0. The zero-order chi connectivity index (χ0) is 32.1. The summed E-state index contributed by atoms with van der Waals surface area (Å²) in [7, 11) is 4.07. The van der Waals surface area contributed by atoms with Crippen molar-refractivity contribution in [3.05, 3.63) is 108 Å². The predicted octanol–water partition coefficient (Wildman–Crippen LogP) is 11.5. The van der Waals surface area contributed by atoms with Gasteiger partial charge in [-0.15, -0.1) is 0 Å². The van der Waals surface area contributed by atoms with Crippen LogP contribution in [0.2, 0.25) is 0 Å². The molecular formula is C40H44N2O2S2. The molecule has 0 fully saturated rings. The first-order valence-electron chi connectivity index (χ1n) is 16.5. The van der Waals surface area contributed by atoms with Crippen molar-refractivity contribution < 1.29 is 9.47 Å². The fraction of sp³-hybridized carbons (Fsp3) is 0.350.